The average molecular weight is 124 g/mol. The van der Waals surface area contributed by atoms with Crippen LogP contribution in [0, 0.1) is 0 Å². The molecule has 50 valence electrons. The van der Waals surface area contributed by atoms with E-state index in [4.69, 9.17) is 5.73 Å². The molecule has 0 bridgehead atoms. The predicted molar refractivity (Wildman–Crippen MR) is 41.8 cm³/mol. The van der Waals surface area contributed by atoms with Crippen LogP contribution < -0.4 is 5.73 Å². The van der Waals surface area contributed by atoms with Crippen LogP contribution in [0.1, 0.15) is 0 Å². The van der Waals surface area contributed by atoms with Crippen LogP contribution in [0.2, 0.25) is 0 Å². The molecule has 0 rings (SSSR count). The van der Waals surface area contributed by atoms with E-state index in [2.05, 4.69) is 11.6 Å². The Morgan fingerprint density at radius 3 is 2.78 bits per heavy atom. The fourth-order valence-corrected chi connectivity index (χ4v) is 0.413. The highest BCUT2D eigenvalue weighted by molar-refractivity contribution is 5.96. The molecule has 0 fully saturated rings. The molecule has 2 nitrogen and oxygen atoms in total. The largest absolute Gasteiger partial charge is 0.325 e. The van der Waals surface area contributed by atoms with Gasteiger partial charge in [0, 0.05) is 19.3 Å². The highest BCUT2D eigenvalue weighted by Gasteiger charge is 1.82. The van der Waals surface area contributed by atoms with Crippen LogP contribution in [0.5, 0.6) is 0 Å². The van der Waals surface area contributed by atoms with Crippen molar-refractivity contribution < 1.29 is 0 Å². The molecule has 2 heteroatoms. The Kier molecular flexibility index (Phi) is 4.73. The summed E-state index contributed by atoms with van der Waals surface area (Å²) in [4.78, 5) is 3.90. The minimum Gasteiger partial charge on any atom is -0.325 e. The smallest absolute Gasteiger partial charge is 0.0480 e. The van der Waals surface area contributed by atoms with Crippen LogP contribution in [-0.4, -0.2) is 19.3 Å². The first-order valence-corrected chi connectivity index (χ1v) is 2.80. The second kappa shape index (κ2) is 5.25. The molecule has 0 unspecified atom stereocenters. The van der Waals surface area contributed by atoms with Crippen molar-refractivity contribution in [3.63, 3.8) is 0 Å². The number of allylic oxidation sites excluding steroid dienone is 2. The number of hydrogen-bond acceptors (Lipinski definition) is 2. The van der Waals surface area contributed by atoms with Gasteiger partial charge in [0.05, 0.1) is 0 Å². The predicted octanol–water partition coefficient (Wildman–Crippen LogP) is 0.758. The van der Waals surface area contributed by atoms with Crippen LogP contribution in [0.4, 0.5) is 0 Å². The zero-order chi connectivity index (χ0) is 7.11. The van der Waals surface area contributed by atoms with Gasteiger partial charge < -0.3 is 5.73 Å². The first-order valence-electron chi connectivity index (χ1n) is 2.80. The van der Waals surface area contributed by atoms with Crippen molar-refractivity contribution in [1.82, 2.24) is 0 Å². The molecule has 9 heavy (non-hydrogen) atoms. The van der Waals surface area contributed by atoms with E-state index in [1.165, 1.54) is 0 Å². The molecule has 0 aromatic carbocycles. The molecule has 0 radical (unpaired) electrons. The summed E-state index contributed by atoms with van der Waals surface area (Å²) in [5, 5.41) is 0. The van der Waals surface area contributed by atoms with E-state index in [0.29, 0.717) is 6.54 Å². The topological polar surface area (TPSA) is 38.4 Å². The first-order chi connectivity index (χ1) is 4.35. The number of nitrogens with zero attached hydrogens (tertiary/aromatic N) is 1. The molecule has 0 amide bonds. The third-order valence-corrected chi connectivity index (χ3v) is 0.921. The lowest BCUT2D eigenvalue weighted by molar-refractivity contribution is 1.28. The fourth-order valence-electron chi connectivity index (χ4n) is 0.413. The van der Waals surface area contributed by atoms with Gasteiger partial charge in [0.2, 0.25) is 0 Å². The molecular weight excluding hydrogens is 112 g/mol. The van der Waals surface area contributed by atoms with Gasteiger partial charge in [0.25, 0.3) is 0 Å². The Morgan fingerprint density at radius 1 is 1.78 bits per heavy atom. The number of aliphatic imine (C=N–C) groups is 1. The summed E-state index contributed by atoms with van der Waals surface area (Å²) in [7, 11) is 1.72. The first kappa shape index (κ1) is 8.11. The van der Waals surface area contributed by atoms with Crippen LogP contribution in [0.3, 0.4) is 0 Å². The maximum absolute atomic E-state index is 5.31. The third-order valence-electron chi connectivity index (χ3n) is 0.921. The molecule has 0 atom stereocenters. The van der Waals surface area contributed by atoms with Crippen molar-refractivity contribution in [2.75, 3.05) is 13.6 Å². The second-order valence-corrected chi connectivity index (χ2v) is 1.51. The van der Waals surface area contributed by atoms with Crippen LogP contribution in [0.25, 0.3) is 0 Å². The average Bonchev–Trinajstić information content (AvgIpc) is 1.91. The van der Waals surface area contributed by atoms with Crippen molar-refractivity contribution in [2.24, 2.45) is 10.7 Å². The summed E-state index contributed by atoms with van der Waals surface area (Å²) < 4.78 is 0. The lowest BCUT2D eigenvalue weighted by Crippen LogP contribution is -2.10. The van der Waals surface area contributed by atoms with E-state index >= 15 is 0 Å². The Labute approximate surface area is 55.8 Å². The Bertz CT molecular complexity index is 134. The highest BCUT2D eigenvalue weighted by atomic mass is 14.7. The van der Waals surface area contributed by atoms with Gasteiger partial charge in [0.15, 0.2) is 0 Å². The molecule has 0 aromatic rings. The lowest BCUT2D eigenvalue weighted by Gasteiger charge is -1.89. The van der Waals surface area contributed by atoms with Gasteiger partial charge in [-0.2, -0.15) is 0 Å². The number of nitrogens with two attached hydrogens (primary N) is 1. The third kappa shape index (κ3) is 3.67. The van der Waals surface area contributed by atoms with Crippen LogP contribution >= 0.6 is 0 Å². The molecule has 0 aliphatic rings. The van der Waals surface area contributed by atoms with E-state index in [1.807, 2.05) is 12.2 Å². The van der Waals surface area contributed by atoms with Gasteiger partial charge in [-0.25, -0.2) is 0 Å². The van der Waals surface area contributed by atoms with Crippen molar-refractivity contribution in [3.8, 4) is 0 Å². The van der Waals surface area contributed by atoms with Crippen molar-refractivity contribution in [3.05, 3.63) is 24.8 Å². The summed E-state index contributed by atoms with van der Waals surface area (Å²) in [6.45, 7) is 4.01. The molecule has 0 spiro atoms. The molecule has 0 aliphatic carbocycles. The molecule has 0 saturated carbocycles. The Morgan fingerprint density at radius 2 is 2.44 bits per heavy atom. The van der Waals surface area contributed by atoms with Crippen molar-refractivity contribution >= 4 is 5.71 Å². The SMILES string of the molecule is C=CC=CC(CN)=NC. The van der Waals surface area contributed by atoms with E-state index in [9.17, 15) is 0 Å². The number of rotatable bonds is 3. The zero-order valence-corrected chi connectivity index (χ0v) is 5.67. The molecule has 0 aromatic heterocycles. The minimum absolute atomic E-state index is 0.487. The van der Waals surface area contributed by atoms with Gasteiger partial charge in [0.1, 0.15) is 0 Å². The minimum atomic E-state index is 0.487. The van der Waals surface area contributed by atoms with E-state index in [-0.39, 0.29) is 0 Å². The summed E-state index contributed by atoms with van der Waals surface area (Å²) in [5.74, 6) is 0. The van der Waals surface area contributed by atoms with E-state index < -0.39 is 0 Å². The normalized spacial score (nSPS) is 12.4. The van der Waals surface area contributed by atoms with Crippen molar-refractivity contribution in [1.29, 1.82) is 0 Å². The van der Waals surface area contributed by atoms with Gasteiger partial charge >= 0.3 is 0 Å². The van der Waals surface area contributed by atoms with Crippen molar-refractivity contribution in [2.45, 2.75) is 0 Å². The van der Waals surface area contributed by atoms with Gasteiger partial charge in [-0.1, -0.05) is 18.7 Å². The standard InChI is InChI=1S/C7H12N2/c1-3-4-5-7(6-8)9-2/h3-5H,1,6,8H2,2H3. The molecule has 2 N–H and O–H groups in total. The highest BCUT2D eigenvalue weighted by Crippen LogP contribution is 1.78. The summed E-state index contributed by atoms with van der Waals surface area (Å²) >= 11 is 0. The van der Waals surface area contributed by atoms with Crippen LogP contribution in [0.15, 0.2) is 29.8 Å². The number of hydrogen-bond donors (Lipinski definition) is 1. The van der Waals surface area contributed by atoms with Gasteiger partial charge in [-0.05, 0) is 6.08 Å². The maximum atomic E-state index is 5.31. The Balaban J connectivity index is 3.84. The zero-order valence-electron chi connectivity index (χ0n) is 5.67. The van der Waals surface area contributed by atoms with E-state index in [1.54, 1.807) is 13.1 Å². The Hall–Kier alpha value is -0.890. The van der Waals surface area contributed by atoms with Gasteiger partial charge in [-0.3, -0.25) is 4.99 Å². The summed E-state index contributed by atoms with van der Waals surface area (Å²) in [5.41, 5.74) is 6.19. The second-order valence-electron chi connectivity index (χ2n) is 1.51. The molecule has 0 saturated heterocycles. The van der Waals surface area contributed by atoms with E-state index in [0.717, 1.165) is 5.71 Å². The summed E-state index contributed by atoms with van der Waals surface area (Å²) in [6, 6.07) is 0. The maximum Gasteiger partial charge on any atom is 0.0480 e. The monoisotopic (exact) mass is 124 g/mol. The fraction of sp³-hybridized carbons (Fsp3) is 0.286. The molecular formula is C7H12N2. The quantitative estimate of drug-likeness (QED) is 0.437. The molecule has 0 aliphatic heterocycles. The molecule has 0 heterocycles. The lowest BCUT2D eigenvalue weighted by atomic mass is 10.3. The van der Waals surface area contributed by atoms with Crippen LogP contribution in [-0.2, 0) is 0 Å². The van der Waals surface area contributed by atoms with Gasteiger partial charge in [-0.15, -0.1) is 0 Å². The summed E-state index contributed by atoms with van der Waals surface area (Å²) in [6.07, 6.45) is 5.35.